The Morgan fingerprint density at radius 1 is 1.19 bits per heavy atom. The van der Waals surface area contributed by atoms with Crippen molar-refractivity contribution in [3.05, 3.63) is 33.7 Å². The molecule has 2 heterocycles. The van der Waals surface area contributed by atoms with Crippen molar-refractivity contribution in [1.29, 1.82) is 0 Å². The monoisotopic (exact) mass is 361 g/mol. The van der Waals surface area contributed by atoms with E-state index in [4.69, 9.17) is 0 Å². The lowest BCUT2D eigenvalue weighted by molar-refractivity contribution is 0.0605. The van der Waals surface area contributed by atoms with Gasteiger partial charge < -0.3 is 14.8 Å². The van der Waals surface area contributed by atoms with Gasteiger partial charge in [-0.15, -0.1) is 0 Å². The smallest absolute Gasteiger partial charge is 0.259 e. The summed E-state index contributed by atoms with van der Waals surface area (Å²) in [5, 5.41) is 2.67. The summed E-state index contributed by atoms with van der Waals surface area (Å²) in [4.78, 5) is 40.2. The number of hydrogen-bond acceptors (Lipinski definition) is 3. The van der Waals surface area contributed by atoms with Crippen LogP contribution in [0.25, 0.3) is 0 Å². The lowest BCUT2D eigenvalue weighted by Crippen LogP contribution is -2.45. The van der Waals surface area contributed by atoms with Gasteiger partial charge in [-0.25, -0.2) is 0 Å². The number of nitrogens with zero attached hydrogens (tertiary/aromatic N) is 2. The minimum Gasteiger partial charge on any atom is -0.352 e. The van der Waals surface area contributed by atoms with Crippen LogP contribution in [-0.2, 0) is 6.54 Å². The number of likely N-dealkylation sites (tertiary alicyclic amines) is 1. The van der Waals surface area contributed by atoms with Crippen molar-refractivity contribution < 1.29 is 9.59 Å². The molecule has 6 heteroatoms. The molecule has 1 saturated heterocycles. The van der Waals surface area contributed by atoms with Crippen LogP contribution in [0, 0.1) is 5.92 Å². The summed E-state index contributed by atoms with van der Waals surface area (Å²) in [6, 6.07) is 0.169. The molecule has 1 aliphatic rings. The molecule has 1 fully saturated rings. The van der Waals surface area contributed by atoms with Gasteiger partial charge in [0.05, 0.1) is 0 Å². The predicted octanol–water partition coefficient (Wildman–Crippen LogP) is 2.66. The van der Waals surface area contributed by atoms with Crippen LogP contribution in [-0.4, -0.2) is 40.4 Å². The summed E-state index contributed by atoms with van der Waals surface area (Å²) in [6.07, 6.45) is 7.10. The van der Waals surface area contributed by atoms with Crippen molar-refractivity contribution in [3.63, 3.8) is 0 Å². The Kier molecular flexibility index (Phi) is 7.00. The molecule has 2 rings (SSSR count). The van der Waals surface area contributed by atoms with E-state index >= 15 is 0 Å². The summed E-state index contributed by atoms with van der Waals surface area (Å²) in [5.74, 6) is -0.332. The first kappa shape index (κ1) is 20.2. The van der Waals surface area contributed by atoms with Crippen molar-refractivity contribution in [3.8, 4) is 0 Å². The molecule has 0 saturated carbocycles. The zero-order valence-corrected chi connectivity index (χ0v) is 16.4. The molecule has 0 unspecified atom stereocenters. The molecule has 1 N–H and O–H groups in total. The summed E-state index contributed by atoms with van der Waals surface area (Å²) in [5.41, 5.74) is -0.320. The van der Waals surface area contributed by atoms with Crippen LogP contribution >= 0.6 is 0 Å². The van der Waals surface area contributed by atoms with Crippen LogP contribution in [0.4, 0.5) is 0 Å². The highest BCUT2D eigenvalue weighted by molar-refractivity contribution is 5.99. The van der Waals surface area contributed by atoms with Gasteiger partial charge in [-0.3, -0.25) is 14.4 Å². The maximum atomic E-state index is 13.1. The fourth-order valence-corrected chi connectivity index (χ4v) is 3.58. The first-order chi connectivity index (χ1) is 12.4. The third kappa shape index (κ3) is 4.54. The number of rotatable bonds is 6. The van der Waals surface area contributed by atoms with E-state index in [0.29, 0.717) is 25.6 Å². The number of amides is 2. The standard InChI is InChI=1S/C20H31N3O3/c1-5-15-9-7-8-10-23(15)20(26)17-13-22(11-14(3)4)12-16(18(17)24)19(25)21-6-2/h12-15H,5-11H2,1-4H3,(H,21,25)/t15-/m1/s1. The van der Waals surface area contributed by atoms with Gasteiger partial charge >= 0.3 is 0 Å². The zero-order valence-electron chi connectivity index (χ0n) is 16.4. The van der Waals surface area contributed by atoms with Gasteiger partial charge in [0.1, 0.15) is 11.1 Å². The Morgan fingerprint density at radius 3 is 2.50 bits per heavy atom. The van der Waals surface area contributed by atoms with Gasteiger partial charge in [-0.2, -0.15) is 0 Å². The maximum Gasteiger partial charge on any atom is 0.259 e. The van der Waals surface area contributed by atoms with Crippen LogP contribution in [0.5, 0.6) is 0 Å². The van der Waals surface area contributed by atoms with Crippen LogP contribution < -0.4 is 10.7 Å². The lowest BCUT2D eigenvalue weighted by atomic mass is 9.98. The van der Waals surface area contributed by atoms with Crippen molar-refractivity contribution >= 4 is 11.8 Å². The molecular weight excluding hydrogens is 330 g/mol. The summed E-state index contributed by atoms with van der Waals surface area (Å²) >= 11 is 0. The minimum atomic E-state index is -0.471. The Morgan fingerprint density at radius 2 is 1.88 bits per heavy atom. The Balaban J connectivity index is 2.48. The van der Waals surface area contributed by atoms with Gasteiger partial charge in [0.25, 0.3) is 11.8 Å². The van der Waals surface area contributed by atoms with E-state index in [1.54, 1.807) is 23.9 Å². The number of piperidine rings is 1. The number of nitrogens with one attached hydrogen (secondary N) is 1. The van der Waals surface area contributed by atoms with E-state index in [-0.39, 0.29) is 23.1 Å². The SMILES string of the molecule is CCNC(=O)c1cn(CC(C)C)cc(C(=O)N2CCCC[C@H]2CC)c1=O. The molecule has 0 aromatic carbocycles. The predicted molar refractivity (Wildman–Crippen MR) is 103 cm³/mol. The first-order valence-electron chi connectivity index (χ1n) is 9.72. The molecule has 1 aliphatic heterocycles. The highest BCUT2D eigenvalue weighted by Gasteiger charge is 2.29. The molecule has 0 bridgehead atoms. The molecule has 1 atom stereocenters. The summed E-state index contributed by atoms with van der Waals surface area (Å²) in [7, 11) is 0. The quantitative estimate of drug-likeness (QED) is 0.847. The molecule has 0 spiro atoms. The Labute approximate surface area is 155 Å². The van der Waals surface area contributed by atoms with E-state index in [2.05, 4.69) is 26.1 Å². The van der Waals surface area contributed by atoms with E-state index in [1.165, 1.54) is 0 Å². The molecule has 0 aliphatic carbocycles. The maximum absolute atomic E-state index is 13.1. The normalized spacial score (nSPS) is 17.4. The van der Waals surface area contributed by atoms with Crippen LogP contribution in [0.1, 0.15) is 74.1 Å². The number of carbonyl (C=O) groups excluding carboxylic acids is 2. The Bertz CT molecular complexity index is 709. The first-order valence-corrected chi connectivity index (χ1v) is 9.72. The number of carbonyl (C=O) groups is 2. The van der Waals surface area contributed by atoms with E-state index in [9.17, 15) is 14.4 Å². The average Bonchev–Trinajstić information content (AvgIpc) is 2.62. The third-order valence-electron chi connectivity index (χ3n) is 4.83. The van der Waals surface area contributed by atoms with Crippen molar-refractivity contribution in [2.24, 2.45) is 5.92 Å². The third-order valence-corrected chi connectivity index (χ3v) is 4.83. The number of pyridine rings is 1. The largest absolute Gasteiger partial charge is 0.352 e. The second-order valence-corrected chi connectivity index (χ2v) is 7.42. The van der Waals surface area contributed by atoms with Crippen LogP contribution in [0.15, 0.2) is 17.2 Å². The molecule has 1 aromatic rings. The lowest BCUT2D eigenvalue weighted by Gasteiger charge is -2.35. The molecule has 26 heavy (non-hydrogen) atoms. The fraction of sp³-hybridized carbons (Fsp3) is 0.650. The highest BCUT2D eigenvalue weighted by Crippen LogP contribution is 2.21. The van der Waals surface area contributed by atoms with E-state index in [0.717, 1.165) is 25.7 Å². The van der Waals surface area contributed by atoms with Gasteiger partial charge in [-0.05, 0) is 38.5 Å². The summed E-state index contributed by atoms with van der Waals surface area (Å²) < 4.78 is 1.80. The van der Waals surface area contributed by atoms with Crippen LogP contribution in [0.3, 0.4) is 0 Å². The zero-order chi connectivity index (χ0) is 19.3. The van der Waals surface area contributed by atoms with Crippen molar-refractivity contribution in [2.75, 3.05) is 13.1 Å². The average molecular weight is 361 g/mol. The van der Waals surface area contributed by atoms with E-state index in [1.807, 2.05) is 4.90 Å². The molecule has 6 nitrogen and oxygen atoms in total. The fourth-order valence-electron chi connectivity index (χ4n) is 3.58. The van der Waals surface area contributed by atoms with Gasteiger partial charge in [0, 0.05) is 38.1 Å². The van der Waals surface area contributed by atoms with Gasteiger partial charge in [0.15, 0.2) is 0 Å². The second-order valence-electron chi connectivity index (χ2n) is 7.42. The van der Waals surface area contributed by atoms with Crippen molar-refractivity contribution in [1.82, 2.24) is 14.8 Å². The van der Waals surface area contributed by atoms with Gasteiger partial charge in [-0.1, -0.05) is 20.8 Å². The highest BCUT2D eigenvalue weighted by atomic mass is 16.2. The van der Waals surface area contributed by atoms with Crippen LogP contribution in [0.2, 0.25) is 0 Å². The summed E-state index contributed by atoms with van der Waals surface area (Å²) in [6.45, 7) is 9.74. The second kappa shape index (κ2) is 9.01. The molecule has 1 aromatic heterocycles. The molecule has 144 valence electrons. The molecular formula is C20H31N3O3. The topological polar surface area (TPSA) is 71.4 Å². The molecule has 0 radical (unpaired) electrons. The number of hydrogen-bond donors (Lipinski definition) is 1. The van der Waals surface area contributed by atoms with Gasteiger partial charge in [0.2, 0.25) is 5.43 Å². The number of aromatic nitrogens is 1. The minimum absolute atomic E-state index is 0.0448. The molecule has 2 amide bonds. The van der Waals surface area contributed by atoms with E-state index < -0.39 is 11.3 Å². The van der Waals surface area contributed by atoms with Crippen molar-refractivity contribution in [2.45, 2.75) is 66.0 Å². The Hall–Kier alpha value is -2.11.